The van der Waals surface area contributed by atoms with Gasteiger partial charge in [0.2, 0.25) is 5.12 Å². The van der Waals surface area contributed by atoms with E-state index in [1.54, 1.807) is 0 Å². The minimum absolute atomic E-state index is 0.0255. The van der Waals surface area contributed by atoms with Crippen LogP contribution in [-0.2, 0) is 4.79 Å². The summed E-state index contributed by atoms with van der Waals surface area (Å²) in [4.78, 5) is 10.3. The third kappa shape index (κ3) is 1.55. The zero-order valence-electron chi connectivity index (χ0n) is 3.39. The Hall–Kier alpha value is 0.660. The van der Waals surface area contributed by atoms with E-state index in [2.05, 4.69) is 0 Å². The molecule has 1 atom stereocenters. The molecule has 1 fully saturated rings. The standard InChI is InChI=1S/C3H3ClOS2/c4-2-1-3(5)7-6-2/h2H,1H2. The molecule has 0 radical (unpaired) electrons. The molecule has 1 saturated heterocycles. The Morgan fingerprint density at radius 1 is 1.86 bits per heavy atom. The van der Waals surface area contributed by atoms with E-state index in [0.717, 1.165) is 0 Å². The molecule has 7 heavy (non-hydrogen) atoms. The molecular formula is C3H3ClOS2. The van der Waals surface area contributed by atoms with Crippen LogP contribution in [0, 0.1) is 0 Å². The number of alkyl halides is 1. The average molecular weight is 155 g/mol. The minimum Gasteiger partial charge on any atom is -0.286 e. The molecule has 0 saturated carbocycles. The van der Waals surface area contributed by atoms with E-state index in [4.69, 9.17) is 11.6 Å². The average Bonchev–Trinajstić information content (AvgIpc) is 1.87. The summed E-state index contributed by atoms with van der Waals surface area (Å²) < 4.78 is 0.0255. The molecule has 1 heterocycles. The Bertz CT molecular complexity index is 94.9. The Morgan fingerprint density at radius 2 is 2.57 bits per heavy atom. The molecule has 40 valence electrons. The first-order valence-corrected chi connectivity index (χ1v) is 4.44. The zero-order chi connectivity index (χ0) is 5.28. The molecule has 1 aliphatic heterocycles. The first-order valence-electron chi connectivity index (χ1n) is 1.79. The molecule has 0 aliphatic carbocycles. The topological polar surface area (TPSA) is 17.1 Å². The van der Waals surface area contributed by atoms with Gasteiger partial charge in [-0.15, -0.1) is 11.6 Å². The second-order valence-electron chi connectivity index (χ2n) is 1.17. The number of carbonyl (C=O) groups excluding carboxylic acids is 1. The van der Waals surface area contributed by atoms with Gasteiger partial charge in [0, 0.05) is 6.42 Å². The van der Waals surface area contributed by atoms with E-state index in [9.17, 15) is 4.79 Å². The summed E-state index contributed by atoms with van der Waals surface area (Å²) in [5.74, 6) is 0. The van der Waals surface area contributed by atoms with Gasteiger partial charge in [-0.25, -0.2) is 0 Å². The van der Waals surface area contributed by atoms with Crippen molar-refractivity contribution in [1.82, 2.24) is 0 Å². The number of halogens is 1. The van der Waals surface area contributed by atoms with Crippen LogP contribution in [0.2, 0.25) is 0 Å². The Kier molecular flexibility index (Phi) is 1.89. The molecule has 1 unspecified atom stereocenters. The van der Waals surface area contributed by atoms with E-state index >= 15 is 0 Å². The van der Waals surface area contributed by atoms with Crippen molar-refractivity contribution >= 4 is 38.3 Å². The fourth-order valence-corrected chi connectivity index (χ4v) is 2.68. The van der Waals surface area contributed by atoms with E-state index in [1.165, 1.54) is 21.6 Å². The van der Waals surface area contributed by atoms with Gasteiger partial charge in [0.1, 0.15) is 0 Å². The maximum absolute atomic E-state index is 10.3. The first-order chi connectivity index (χ1) is 3.29. The van der Waals surface area contributed by atoms with Gasteiger partial charge in [-0.1, -0.05) is 10.8 Å². The highest BCUT2D eigenvalue weighted by molar-refractivity contribution is 8.83. The maximum Gasteiger partial charge on any atom is 0.201 e. The summed E-state index contributed by atoms with van der Waals surface area (Å²) in [6, 6.07) is 0. The molecule has 0 bridgehead atoms. The molecule has 0 spiro atoms. The van der Waals surface area contributed by atoms with Crippen LogP contribution >= 0.6 is 33.2 Å². The molecule has 0 amide bonds. The molecule has 1 aliphatic rings. The number of carbonyl (C=O) groups is 1. The first kappa shape index (κ1) is 5.79. The normalized spacial score (nSPS) is 31.6. The summed E-state index contributed by atoms with van der Waals surface area (Å²) in [7, 11) is 2.69. The van der Waals surface area contributed by atoms with E-state index in [1.807, 2.05) is 0 Å². The van der Waals surface area contributed by atoms with E-state index in [-0.39, 0.29) is 9.82 Å². The molecule has 4 heteroatoms. The fourth-order valence-electron chi connectivity index (χ4n) is 0.305. The Balaban J connectivity index is 2.40. The van der Waals surface area contributed by atoms with Gasteiger partial charge in [-0.3, -0.25) is 4.79 Å². The summed E-state index contributed by atoms with van der Waals surface area (Å²) in [6.07, 6.45) is 0.525. The van der Waals surface area contributed by atoms with Crippen molar-refractivity contribution in [2.75, 3.05) is 0 Å². The quantitative estimate of drug-likeness (QED) is 0.392. The van der Waals surface area contributed by atoms with Crippen LogP contribution in [0.15, 0.2) is 0 Å². The largest absolute Gasteiger partial charge is 0.286 e. The number of hydrogen-bond donors (Lipinski definition) is 0. The van der Waals surface area contributed by atoms with Crippen LogP contribution in [0.4, 0.5) is 0 Å². The molecule has 0 N–H and O–H groups in total. The van der Waals surface area contributed by atoms with Crippen molar-refractivity contribution in [2.45, 2.75) is 11.1 Å². The zero-order valence-corrected chi connectivity index (χ0v) is 5.78. The van der Waals surface area contributed by atoms with Crippen LogP contribution in [-0.4, -0.2) is 9.82 Å². The lowest BCUT2D eigenvalue weighted by Gasteiger charge is -1.84. The van der Waals surface area contributed by atoms with E-state index < -0.39 is 0 Å². The SMILES string of the molecule is O=C1CC(Cl)SS1. The van der Waals surface area contributed by atoms with Gasteiger partial charge in [-0.05, 0) is 10.8 Å². The summed E-state index contributed by atoms with van der Waals surface area (Å²) in [5, 5.41) is 0.199. The number of rotatable bonds is 0. The van der Waals surface area contributed by atoms with Gasteiger partial charge in [0.05, 0.1) is 4.71 Å². The lowest BCUT2D eigenvalue weighted by atomic mass is 10.5. The van der Waals surface area contributed by atoms with Crippen LogP contribution in [0.25, 0.3) is 0 Å². The minimum atomic E-state index is 0.0255. The Labute approximate surface area is 54.6 Å². The molecular weight excluding hydrogens is 152 g/mol. The summed E-state index contributed by atoms with van der Waals surface area (Å²) >= 11 is 5.53. The van der Waals surface area contributed by atoms with Gasteiger partial charge in [0.15, 0.2) is 0 Å². The van der Waals surface area contributed by atoms with Gasteiger partial charge in [0.25, 0.3) is 0 Å². The molecule has 1 rings (SSSR count). The van der Waals surface area contributed by atoms with Crippen molar-refractivity contribution in [3.05, 3.63) is 0 Å². The predicted octanol–water partition coefficient (Wildman–Crippen LogP) is 1.86. The fraction of sp³-hybridized carbons (Fsp3) is 0.667. The molecule has 0 aromatic carbocycles. The second-order valence-corrected chi connectivity index (χ2v) is 4.41. The van der Waals surface area contributed by atoms with Crippen molar-refractivity contribution in [3.63, 3.8) is 0 Å². The van der Waals surface area contributed by atoms with Crippen molar-refractivity contribution in [1.29, 1.82) is 0 Å². The van der Waals surface area contributed by atoms with Crippen LogP contribution in [0.5, 0.6) is 0 Å². The summed E-state index contributed by atoms with van der Waals surface area (Å²) in [6.45, 7) is 0. The molecule has 0 aromatic rings. The van der Waals surface area contributed by atoms with Gasteiger partial charge >= 0.3 is 0 Å². The second kappa shape index (κ2) is 2.29. The van der Waals surface area contributed by atoms with Gasteiger partial charge in [-0.2, -0.15) is 0 Å². The van der Waals surface area contributed by atoms with Crippen molar-refractivity contribution in [2.24, 2.45) is 0 Å². The van der Waals surface area contributed by atoms with E-state index in [0.29, 0.717) is 6.42 Å². The smallest absolute Gasteiger partial charge is 0.201 e. The predicted molar refractivity (Wildman–Crippen MR) is 34.4 cm³/mol. The van der Waals surface area contributed by atoms with Crippen LogP contribution < -0.4 is 0 Å². The summed E-state index contributed by atoms with van der Waals surface area (Å²) in [5.41, 5.74) is 0. The maximum atomic E-state index is 10.3. The molecule has 0 aromatic heterocycles. The highest BCUT2D eigenvalue weighted by atomic mass is 35.5. The highest BCUT2D eigenvalue weighted by Gasteiger charge is 2.20. The third-order valence-corrected chi connectivity index (χ3v) is 3.68. The number of hydrogen-bond acceptors (Lipinski definition) is 3. The Morgan fingerprint density at radius 3 is 2.71 bits per heavy atom. The third-order valence-electron chi connectivity index (χ3n) is 0.573. The lowest BCUT2D eigenvalue weighted by Crippen LogP contribution is -1.86. The van der Waals surface area contributed by atoms with Crippen LogP contribution in [0.3, 0.4) is 0 Å². The lowest BCUT2D eigenvalue weighted by molar-refractivity contribution is -0.110. The highest BCUT2D eigenvalue weighted by Crippen LogP contribution is 2.40. The van der Waals surface area contributed by atoms with Gasteiger partial charge < -0.3 is 0 Å². The van der Waals surface area contributed by atoms with Crippen molar-refractivity contribution < 1.29 is 4.79 Å². The van der Waals surface area contributed by atoms with Crippen molar-refractivity contribution in [3.8, 4) is 0 Å². The van der Waals surface area contributed by atoms with Crippen LogP contribution in [0.1, 0.15) is 6.42 Å². The monoisotopic (exact) mass is 154 g/mol. The molecule has 1 nitrogen and oxygen atoms in total.